The number of hydrogen-bond donors (Lipinski definition) is 1. The van der Waals surface area contributed by atoms with Gasteiger partial charge in [0.15, 0.2) is 6.61 Å². The third kappa shape index (κ3) is 4.37. The van der Waals surface area contributed by atoms with Crippen LogP contribution in [0.4, 0.5) is 11.4 Å². The number of nitrogens with one attached hydrogen (secondary N) is 1. The molecule has 0 atom stereocenters. The number of rotatable bonds is 5. The molecule has 0 saturated carbocycles. The molecule has 1 amide bonds. The van der Waals surface area contributed by atoms with E-state index in [4.69, 9.17) is 4.74 Å². The minimum absolute atomic E-state index is 0.183. The first-order chi connectivity index (χ1) is 14.1. The van der Waals surface area contributed by atoms with Gasteiger partial charge in [0.1, 0.15) is 5.69 Å². The molecule has 1 aliphatic rings. The average molecular weight is 389 g/mol. The standard InChI is InChI=1S/C23H23N3O3/c1-16-14-18(26-12-4-5-13-26)9-11-19(16)25-22(27)15-29-23(28)21-10-8-17-6-2-3-7-20(17)24-21/h2-3,6-11,14H,4-5,12-13,15H2,1H3,(H,25,27). The van der Waals surface area contributed by atoms with Crippen LogP contribution >= 0.6 is 0 Å². The fraction of sp³-hybridized carbons (Fsp3) is 0.261. The van der Waals surface area contributed by atoms with Crippen molar-refractivity contribution in [1.82, 2.24) is 4.98 Å². The molecule has 1 aromatic heterocycles. The van der Waals surface area contributed by atoms with Gasteiger partial charge in [0.05, 0.1) is 5.52 Å². The van der Waals surface area contributed by atoms with Crippen molar-refractivity contribution < 1.29 is 14.3 Å². The number of ether oxygens (including phenoxy) is 1. The first-order valence-corrected chi connectivity index (χ1v) is 9.78. The smallest absolute Gasteiger partial charge is 0.357 e. The number of amides is 1. The van der Waals surface area contributed by atoms with Gasteiger partial charge in [-0.25, -0.2) is 9.78 Å². The Hall–Kier alpha value is -3.41. The van der Waals surface area contributed by atoms with E-state index >= 15 is 0 Å². The molecule has 2 heterocycles. The minimum Gasteiger partial charge on any atom is -0.451 e. The van der Waals surface area contributed by atoms with Crippen molar-refractivity contribution in [3.63, 3.8) is 0 Å². The summed E-state index contributed by atoms with van der Waals surface area (Å²) < 4.78 is 5.13. The van der Waals surface area contributed by atoms with Gasteiger partial charge in [-0.2, -0.15) is 0 Å². The number of pyridine rings is 1. The maximum Gasteiger partial charge on any atom is 0.357 e. The molecule has 0 bridgehead atoms. The van der Waals surface area contributed by atoms with Crippen molar-refractivity contribution in [3.05, 3.63) is 65.9 Å². The second-order valence-corrected chi connectivity index (χ2v) is 7.21. The highest BCUT2D eigenvalue weighted by molar-refractivity contribution is 5.96. The predicted octanol–water partition coefficient (Wildman–Crippen LogP) is 3.94. The summed E-state index contributed by atoms with van der Waals surface area (Å²) in [6, 6.07) is 16.9. The van der Waals surface area contributed by atoms with E-state index in [0.29, 0.717) is 5.52 Å². The lowest BCUT2D eigenvalue weighted by Crippen LogP contribution is -2.22. The molecule has 2 aromatic carbocycles. The Labute approximate surface area is 169 Å². The summed E-state index contributed by atoms with van der Waals surface area (Å²) in [6.07, 6.45) is 2.43. The van der Waals surface area contributed by atoms with E-state index in [1.807, 2.05) is 49.4 Å². The van der Waals surface area contributed by atoms with Crippen LogP contribution in [0, 0.1) is 6.92 Å². The molecule has 1 fully saturated rings. The molecule has 0 unspecified atom stereocenters. The number of anilines is 2. The van der Waals surface area contributed by atoms with Crippen LogP contribution in [0.3, 0.4) is 0 Å². The van der Waals surface area contributed by atoms with E-state index in [9.17, 15) is 9.59 Å². The van der Waals surface area contributed by atoms with Crippen LogP contribution in [0.15, 0.2) is 54.6 Å². The van der Waals surface area contributed by atoms with Gasteiger partial charge in [-0.3, -0.25) is 4.79 Å². The molecule has 0 spiro atoms. The number of benzene rings is 2. The van der Waals surface area contributed by atoms with Gasteiger partial charge in [0.25, 0.3) is 5.91 Å². The molecule has 1 N–H and O–H groups in total. The molecule has 4 rings (SSSR count). The first-order valence-electron chi connectivity index (χ1n) is 9.78. The molecular formula is C23H23N3O3. The van der Waals surface area contributed by atoms with Crippen LogP contribution < -0.4 is 10.2 Å². The molecule has 148 valence electrons. The van der Waals surface area contributed by atoms with Gasteiger partial charge in [0, 0.05) is 29.9 Å². The Kier molecular flexibility index (Phi) is 5.42. The molecular weight excluding hydrogens is 366 g/mol. The van der Waals surface area contributed by atoms with Crippen LogP contribution in [0.25, 0.3) is 10.9 Å². The summed E-state index contributed by atoms with van der Waals surface area (Å²) >= 11 is 0. The highest BCUT2D eigenvalue weighted by atomic mass is 16.5. The fourth-order valence-corrected chi connectivity index (χ4v) is 3.53. The van der Waals surface area contributed by atoms with E-state index in [2.05, 4.69) is 21.3 Å². The van der Waals surface area contributed by atoms with Gasteiger partial charge >= 0.3 is 5.97 Å². The Balaban J connectivity index is 1.35. The summed E-state index contributed by atoms with van der Waals surface area (Å²) in [7, 11) is 0. The molecule has 0 aliphatic carbocycles. The zero-order chi connectivity index (χ0) is 20.2. The number of fused-ring (bicyclic) bond motifs is 1. The van der Waals surface area contributed by atoms with Crippen LogP contribution in [0.1, 0.15) is 28.9 Å². The first kappa shape index (κ1) is 18.9. The quantitative estimate of drug-likeness (QED) is 0.669. The zero-order valence-electron chi connectivity index (χ0n) is 16.4. The summed E-state index contributed by atoms with van der Waals surface area (Å²) in [5.41, 5.74) is 3.76. The number of hydrogen-bond acceptors (Lipinski definition) is 5. The average Bonchev–Trinajstić information content (AvgIpc) is 3.28. The van der Waals surface area contributed by atoms with Crippen molar-refractivity contribution in [3.8, 4) is 0 Å². The van der Waals surface area contributed by atoms with E-state index < -0.39 is 5.97 Å². The predicted molar refractivity (Wildman–Crippen MR) is 113 cm³/mol. The van der Waals surface area contributed by atoms with Gasteiger partial charge in [0.2, 0.25) is 0 Å². The number of nitrogens with zero attached hydrogens (tertiary/aromatic N) is 2. The van der Waals surface area contributed by atoms with Crippen LogP contribution in [-0.2, 0) is 9.53 Å². The number of aromatic nitrogens is 1. The lowest BCUT2D eigenvalue weighted by Gasteiger charge is -2.19. The zero-order valence-corrected chi connectivity index (χ0v) is 16.4. The van der Waals surface area contributed by atoms with Crippen LogP contribution in [0.5, 0.6) is 0 Å². The van der Waals surface area contributed by atoms with E-state index in [1.54, 1.807) is 6.07 Å². The molecule has 29 heavy (non-hydrogen) atoms. The summed E-state index contributed by atoms with van der Waals surface area (Å²) in [6.45, 7) is 3.74. The van der Waals surface area contributed by atoms with Gasteiger partial charge in [-0.05, 0) is 55.7 Å². The second kappa shape index (κ2) is 8.31. The maximum atomic E-state index is 12.2. The molecule has 6 heteroatoms. The maximum absolute atomic E-state index is 12.2. The van der Waals surface area contributed by atoms with E-state index in [1.165, 1.54) is 18.5 Å². The highest BCUT2D eigenvalue weighted by Crippen LogP contribution is 2.25. The SMILES string of the molecule is Cc1cc(N2CCCC2)ccc1NC(=O)COC(=O)c1ccc2ccccc2n1. The van der Waals surface area contributed by atoms with Crippen LogP contribution in [-0.4, -0.2) is 36.6 Å². The van der Waals surface area contributed by atoms with Crippen molar-refractivity contribution in [1.29, 1.82) is 0 Å². The molecule has 1 aliphatic heterocycles. The van der Waals surface area contributed by atoms with Crippen molar-refractivity contribution >= 4 is 34.2 Å². The largest absolute Gasteiger partial charge is 0.451 e. The third-order valence-corrected chi connectivity index (χ3v) is 5.10. The highest BCUT2D eigenvalue weighted by Gasteiger charge is 2.15. The van der Waals surface area contributed by atoms with Gasteiger partial charge in [-0.1, -0.05) is 24.3 Å². The molecule has 1 saturated heterocycles. The second-order valence-electron chi connectivity index (χ2n) is 7.21. The summed E-state index contributed by atoms with van der Waals surface area (Å²) in [5.74, 6) is -0.997. The molecule has 6 nitrogen and oxygen atoms in total. The van der Waals surface area contributed by atoms with Crippen molar-refractivity contribution in [2.75, 3.05) is 29.9 Å². The molecule has 3 aromatic rings. The number of para-hydroxylation sites is 1. The Morgan fingerprint density at radius 3 is 2.66 bits per heavy atom. The summed E-state index contributed by atoms with van der Waals surface area (Å²) in [5, 5.41) is 3.75. The number of aryl methyl sites for hydroxylation is 1. The topological polar surface area (TPSA) is 71.5 Å². The van der Waals surface area contributed by atoms with Crippen LogP contribution in [0.2, 0.25) is 0 Å². The van der Waals surface area contributed by atoms with E-state index in [0.717, 1.165) is 29.7 Å². The van der Waals surface area contributed by atoms with E-state index in [-0.39, 0.29) is 18.2 Å². The normalized spacial score (nSPS) is 13.5. The van der Waals surface area contributed by atoms with Crippen molar-refractivity contribution in [2.24, 2.45) is 0 Å². The molecule has 0 radical (unpaired) electrons. The lowest BCUT2D eigenvalue weighted by molar-refractivity contribution is -0.119. The Morgan fingerprint density at radius 2 is 1.86 bits per heavy atom. The third-order valence-electron chi connectivity index (χ3n) is 5.10. The number of carbonyl (C=O) groups is 2. The number of carbonyl (C=O) groups excluding carboxylic acids is 2. The summed E-state index contributed by atoms with van der Waals surface area (Å²) in [4.78, 5) is 31.1. The number of esters is 1. The van der Waals surface area contributed by atoms with Gasteiger partial charge < -0.3 is 15.0 Å². The lowest BCUT2D eigenvalue weighted by atomic mass is 10.1. The Morgan fingerprint density at radius 1 is 1.07 bits per heavy atom. The van der Waals surface area contributed by atoms with Gasteiger partial charge in [-0.15, -0.1) is 0 Å². The monoisotopic (exact) mass is 389 g/mol. The minimum atomic E-state index is -0.619. The van der Waals surface area contributed by atoms with Crippen molar-refractivity contribution in [2.45, 2.75) is 19.8 Å². The fourth-order valence-electron chi connectivity index (χ4n) is 3.53. The Bertz CT molecular complexity index is 1060.